The molecule has 0 aromatic carbocycles. The minimum atomic E-state index is 0.311. The average molecular weight is 225 g/mol. The van der Waals surface area contributed by atoms with Crippen molar-refractivity contribution in [2.75, 3.05) is 27.4 Å². The molecule has 90 valence electrons. The molecule has 1 N–H and O–H groups in total. The molecular formula is C12H19NO3. The van der Waals surface area contributed by atoms with Crippen LogP contribution in [0.4, 0.5) is 0 Å². The Balaban J connectivity index is 2.69. The van der Waals surface area contributed by atoms with E-state index in [4.69, 9.17) is 9.47 Å². The highest BCUT2D eigenvalue weighted by Crippen LogP contribution is 2.25. The van der Waals surface area contributed by atoms with Crippen molar-refractivity contribution < 1.29 is 14.3 Å². The van der Waals surface area contributed by atoms with Crippen LogP contribution in [0.1, 0.15) is 34.8 Å². The molecule has 0 saturated carbocycles. The first-order valence-electron chi connectivity index (χ1n) is 5.43. The van der Waals surface area contributed by atoms with Gasteiger partial charge in [0.25, 0.3) is 0 Å². The molecule has 4 heteroatoms. The Labute approximate surface area is 95.9 Å². The lowest BCUT2D eigenvalue weighted by Crippen LogP contribution is -2.07. The summed E-state index contributed by atoms with van der Waals surface area (Å²) in [5.74, 6) is 0.311. The molecule has 0 amide bonds. The van der Waals surface area contributed by atoms with Crippen molar-refractivity contribution in [1.82, 2.24) is 4.98 Å². The third-order valence-electron chi connectivity index (χ3n) is 2.71. The average Bonchev–Trinajstić information content (AvgIpc) is 2.77. The van der Waals surface area contributed by atoms with E-state index in [2.05, 4.69) is 4.98 Å². The summed E-state index contributed by atoms with van der Waals surface area (Å²) in [6.07, 6.45) is 4.46. The van der Waals surface area contributed by atoms with Crippen LogP contribution in [-0.4, -0.2) is 38.7 Å². The Hall–Kier alpha value is -1.13. The van der Waals surface area contributed by atoms with Crippen molar-refractivity contribution in [3.8, 4) is 0 Å². The number of rotatable bonds is 8. The van der Waals surface area contributed by atoms with Gasteiger partial charge in [-0.2, -0.15) is 0 Å². The lowest BCUT2D eigenvalue weighted by molar-refractivity contribution is 0.111. The zero-order valence-corrected chi connectivity index (χ0v) is 9.86. The standard InChI is InChI=1S/C12H19NO3/c1-15-7-4-10(5-8-16-2)11-3-6-13-12(11)9-14/h3,6,9-10,13H,4-5,7-8H2,1-2H3. The predicted molar refractivity (Wildman–Crippen MR) is 61.9 cm³/mol. The van der Waals surface area contributed by atoms with E-state index in [1.165, 1.54) is 0 Å². The highest BCUT2D eigenvalue weighted by molar-refractivity contribution is 5.74. The molecule has 0 radical (unpaired) electrons. The second-order valence-corrected chi connectivity index (χ2v) is 3.72. The maximum Gasteiger partial charge on any atom is 0.166 e. The maximum absolute atomic E-state index is 10.8. The van der Waals surface area contributed by atoms with E-state index in [1.54, 1.807) is 20.4 Å². The number of nitrogens with one attached hydrogen (secondary N) is 1. The summed E-state index contributed by atoms with van der Waals surface area (Å²) in [6.45, 7) is 1.38. The first-order valence-corrected chi connectivity index (χ1v) is 5.43. The lowest BCUT2D eigenvalue weighted by Gasteiger charge is -2.15. The van der Waals surface area contributed by atoms with Gasteiger partial charge in [0.05, 0.1) is 5.69 Å². The number of aldehydes is 1. The summed E-state index contributed by atoms with van der Waals surface area (Å²) in [5.41, 5.74) is 1.72. The smallest absolute Gasteiger partial charge is 0.166 e. The molecule has 0 aliphatic heterocycles. The summed E-state index contributed by atoms with van der Waals surface area (Å²) in [4.78, 5) is 13.8. The molecule has 0 aliphatic rings. The Bertz CT molecular complexity index is 301. The van der Waals surface area contributed by atoms with Gasteiger partial charge in [-0.1, -0.05) is 0 Å². The number of H-pyrrole nitrogens is 1. The van der Waals surface area contributed by atoms with Crippen LogP contribution in [-0.2, 0) is 9.47 Å². The Morgan fingerprint density at radius 1 is 1.31 bits per heavy atom. The summed E-state index contributed by atoms with van der Waals surface area (Å²) in [5, 5.41) is 0. The highest BCUT2D eigenvalue weighted by atomic mass is 16.5. The Kier molecular flexibility index (Phi) is 5.82. The van der Waals surface area contributed by atoms with Crippen molar-refractivity contribution in [2.45, 2.75) is 18.8 Å². The second-order valence-electron chi connectivity index (χ2n) is 3.72. The topological polar surface area (TPSA) is 51.3 Å². The van der Waals surface area contributed by atoms with Gasteiger partial charge in [0.2, 0.25) is 0 Å². The summed E-state index contributed by atoms with van der Waals surface area (Å²) >= 11 is 0. The van der Waals surface area contributed by atoms with E-state index in [9.17, 15) is 4.79 Å². The van der Waals surface area contributed by atoms with Crippen molar-refractivity contribution in [3.05, 3.63) is 23.5 Å². The number of carbonyl (C=O) groups excluding carboxylic acids is 1. The van der Waals surface area contributed by atoms with Gasteiger partial charge in [-0.3, -0.25) is 4.79 Å². The van der Waals surface area contributed by atoms with Crippen molar-refractivity contribution in [1.29, 1.82) is 0 Å². The summed E-state index contributed by atoms with van der Waals surface area (Å²) in [6, 6.07) is 1.96. The van der Waals surface area contributed by atoms with Gasteiger partial charge < -0.3 is 14.5 Å². The van der Waals surface area contributed by atoms with Crippen LogP contribution in [0.3, 0.4) is 0 Å². The van der Waals surface area contributed by atoms with Crippen LogP contribution in [0.5, 0.6) is 0 Å². The molecule has 1 heterocycles. The molecule has 0 atom stereocenters. The van der Waals surface area contributed by atoms with Gasteiger partial charge in [0.15, 0.2) is 6.29 Å². The van der Waals surface area contributed by atoms with Crippen LogP contribution in [0.2, 0.25) is 0 Å². The molecule has 1 aromatic rings. The number of carbonyl (C=O) groups is 1. The minimum Gasteiger partial charge on any atom is -0.385 e. The van der Waals surface area contributed by atoms with Gasteiger partial charge in [-0.05, 0) is 30.4 Å². The van der Waals surface area contributed by atoms with E-state index in [1.807, 2.05) is 6.07 Å². The first-order chi connectivity index (χ1) is 7.83. The summed E-state index contributed by atoms with van der Waals surface area (Å²) < 4.78 is 10.2. The molecule has 0 bridgehead atoms. The second kappa shape index (κ2) is 7.19. The lowest BCUT2D eigenvalue weighted by atomic mass is 9.93. The third-order valence-corrected chi connectivity index (χ3v) is 2.71. The van der Waals surface area contributed by atoms with E-state index in [0.29, 0.717) is 24.8 Å². The van der Waals surface area contributed by atoms with E-state index >= 15 is 0 Å². The van der Waals surface area contributed by atoms with Crippen LogP contribution < -0.4 is 0 Å². The largest absolute Gasteiger partial charge is 0.385 e. The molecule has 0 saturated heterocycles. The van der Waals surface area contributed by atoms with Crippen LogP contribution in [0, 0.1) is 0 Å². The van der Waals surface area contributed by atoms with E-state index in [0.717, 1.165) is 24.7 Å². The molecule has 1 rings (SSSR count). The number of ether oxygens (including phenoxy) is 2. The van der Waals surface area contributed by atoms with Crippen molar-refractivity contribution in [2.24, 2.45) is 0 Å². The van der Waals surface area contributed by atoms with Gasteiger partial charge in [-0.15, -0.1) is 0 Å². The molecule has 0 unspecified atom stereocenters. The van der Waals surface area contributed by atoms with E-state index in [-0.39, 0.29) is 0 Å². The van der Waals surface area contributed by atoms with Crippen LogP contribution in [0.25, 0.3) is 0 Å². The number of methoxy groups -OCH3 is 2. The maximum atomic E-state index is 10.8. The fourth-order valence-electron chi connectivity index (χ4n) is 1.83. The molecule has 0 aliphatic carbocycles. The Morgan fingerprint density at radius 2 is 1.94 bits per heavy atom. The van der Waals surface area contributed by atoms with Crippen molar-refractivity contribution >= 4 is 6.29 Å². The number of aromatic amines is 1. The summed E-state index contributed by atoms with van der Waals surface area (Å²) in [7, 11) is 3.37. The van der Waals surface area contributed by atoms with Gasteiger partial charge >= 0.3 is 0 Å². The number of aromatic nitrogens is 1. The minimum absolute atomic E-state index is 0.311. The fraction of sp³-hybridized carbons (Fsp3) is 0.583. The molecule has 16 heavy (non-hydrogen) atoms. The molecule has 0 fully saturated rings. The van der Waals surface area contributed by atoms with Gasteiger partial charge in [-0.25, -0.2) is 0 Å². The van der Waals surface area contributed by atoms with Crippen LogP contribution in [0.15, 0.2) is 12.3 Å². The molecule has 1 aromatic heterocycles. The van der Waals surface area contributed by atoms with Gasteiger partial charge in [0.1, 0.15) is 0 Å². The Morgan fingerprint density at radius 3 is 2.44 bits per heavy atom. The van der Waals surface area contributed by atoms with Crippen molar-refractivity contribution in [3.63, 3.8) is 0 Å². The molecular weight excluding hydrogens is 206 g/mol. The highest BCUT2D eigenvalue weighted by Gasteiger charge is 2.15. The third kappa shape index (κ3) is 3.47. The molecule has 4 nitrogen and oxygen atoms in total. The quantitative estimate of drug-likeness (QED) is 0.688. The monoisotopic (exact) mass is 225 g/mol. The zero-order chi connectivity index (χ0) is 11.8. The fourth-order valence-corrected chi connectivity index (χ4v) is 1.83. The SMILES string of the molecule is COCCC(CCOC)c1cc[nH]c1C=O. The normalized spacial score (nSPS) is 10.9. The number of hydrogen-bond acceptors (Lipinski definition) is 3. The number of hydrogen-bond donors (Lipinski definition) is 1. The molecule has 0 spiro atoms. The predicted octanol–water partition coefficient (Wildman–Crippen LogP) is 1.98. The van der Waals surface area contributed by atoms with Crippen LogP contribution >= 0.6 is 0 Å². The first kappa shape index (κ1) is 12.9. The zero-order valence-electron chi connectivity index (χ0n) is 9.86. The van der Waals surface area contributed by atoms with E-state index < -0.39 is 0 Å². The van der Waals surface area contributed by atoms with Gasteiger partial charge in [0, 0.05) is 33.6 Å².